The van der Waals surface area contributed by atoms with E-state index in [4.69, 9.17) is 0 Å². The van der Waals surface area contributed by atoms with Crippen molar-refractivity contribution in [3.63, 3.8) is 0 Å². The van der Waals surface area contributed by atoms with E-state index in [9.17, 15) is 0 Å². The molecule has 1 heterocycles. The second-order valence-corrected chi connectivity index (χ2v) is 6.00. The van der Waals surface area contributed by atoms with Gasteiger partial charge in [-0.3, -0.25) is 4.98 Å². The van der Waals surface area contributed by atoms with Crippen LogP contribution in [-0.4, -0.2) is 12.0 Å². The summed E-state index contributed by atoms with van der Waals surface area (Å²) in [6, 6.07) is 19.2. The molecule has 0 spiro atoms. The molecule has 2 nitrogen and oxygen atoms in total. The lowest BCUT2D eigenvalue weighted by Crippen LogP contribution is -2.04. The number of para-hydroxylation sites is 1. The fraction of sp³-hybridized carbons (Fsp3) is 0.167. The van der Waals surface area contributed by atoms with Crippen LogP contribution in [0.1, 0.15) is 11.1 Å². The van der Waals surface area contributed by atoms with Crippen molar-refractivity contribution < 1.29 is 0 Å². The third kappa shape index (κ3) is 3.43. The average molecular weight is 294 g/mol. The Morgan fingerprint density at radius 1 is 1.00 bits per heavy atom. The number of rotatable bonds is 5. The number of hydrogen-bond donors (Lipinski definition) is 1. The molecule has 0 atom stereocenters. The van der Waals surface area contributed by atoms with Gasteiger partial charge in [0.1, 0.15) is 0 Å². The van der Waals surface area contributed by atoms with Crippen molar-refractivity contribution in [3.05, 3.63) is 71.9 Å². The molecule has 106 valence electrons. The van der Waals surface area contributed by atoms with Gasteiger partial charge in [0.05, 0.1) is 5.52 Å². The topological polar surface area (TPSA) is 24.9 Å². The van der Waals surface area contributed by atoms with Gasteiger partial charge in [-0.25, -0.2) is 0 Å². The van der Waals surface area contributed by atoms with Crippen LogP contribution in [0.5, 0.6) is 0 Å². The number of nitrogens with zero attached hydrogens (tertiary/aromatic N) is 1. The summed E-state index contributed by atoms with van der Waals surface area (Å²) >= 11 is 1.87. The first kappa shape index (κ1) is 14.1. The first-order valence-corrected chi connectivity index (χ1v) is 8.04. The summed E-state index contributed by atoms with van der Waals surface area (Å²) in [5.74, 6) is 0.967. The number of aromatic nitrogens is 1. The molecule has 0 radical (unpaired) electrons. The van der Waals surface area contributed by atoms with Crippen LogP contribution in [0, 0.1) is 0 Å². The van der Waals surface area contributed by atoms with E-state index in [2.05, 4.69) is 58.8 Å². The Kier molecular flexibility index (Phi) is 4.53. The number of benzene rings is 2. The first-order chi connectivity index (χ1) is 10.4. The van der Waals surface area contributed by atoms with E-state index in [0.29, 0.717) is 0 Å². The lowest BCUT2D eigenvalue weighted by Gasteiger charge is -2.07. The summed E-state index contributed by atoms with van der Waals surface area (Å²) in [6.07, 6.45) is 1.90. The number of thioether (sulfide) groups is 1. The number of pyridine rings is 1. The van der Waals surface area contributed by atoms with Crippen LogP contribution in [0.4, 0.5) is 0 Å². The van der Waals surface area contributed by atoms with Crippen molar-refractivity contribution in [2.24, 2.45) is 0 Å². The Balaban J connectivity index is 1.74. The van der Waals surface area contributed by atoms with Gasteiger partial charge < -0.3 is 5.32 Å². The van der Waals surface area contributed by atoms with Crippen LogP contribution in [0.15, 0.2) is 65.7 Å². The Morgan fingerprint density at radius 3 is 2.62 bits per heavy atom. The van der Waals surface area contributed by atoms with Crippen LogP contribution in [-0.2, 0) is 12.3 Å². The van der Waals surface area contributed by atoms with Crippen molar-refractivity contribution in [2.75, 3.05) is 7.05 Å². The molecular weight excluding hydrogens is 276 g/mol. The van der Waals surface area contributed by atoms with Crippen molar-refractivity contribution in [3.8, 4) is 0 Å². The van der Waals surface area contributed by atoms with Gasteiger partial charge in [-0.15, -0.1) is 11.8 Å². The molecule has 0 bridgehead atoms. The minimum atomic E-state index is 0.917. The minimum Gasteiger partial charge on any atom is -0.316 e. The average Bonchev–Trinajstić information content (AvgIpc) is 2.54. The highest BCUT2D eigenvalue weighted by Gasteiger charge is 2.02. The van der Waals surface area contributed by atoms with E-state index in [0.717, 1.165) is 17.8 Å². The Labute approximate surface area is 129 Å². The molecule has 0 amide bonds. The van der Waals surface area contributed by atoms with E-state index in [1.165, 1.54) is 21.4 Å². The Morgan fingerprint density at radius 2 is 1.81 bits per heavy atom. The van der Waals surface area contributed by atoms with Crippen molar-refractivity contribution in [2.45, 2.75) is 17.2 Å². The predicted octanol–water partition coefficient (Wildman–Crippen LogP) is 4.25. The fourth-order valence-electron chi connectivity index (χ4n) is 2.35. The van der Waals surface area contributed by atoms with Gasteiger partial charge in [0, 0.05) is 28.8 Å². The highest BCUT2D eigenvalue weighted by atomic mass is 32.2. The van der Waals surface area contributed by atoms with Crippen LogP contribution in [0.2, 0.25) is 0 Å². The first-order valence-electron chi connectivity index (χ1n) is 7.06. The smallest absolute Gasteiger partial charge is 0.0705 e. The molecule has 0 aliphatic carbocycles. The molecule has 3 aromatic rings. The van der Waals surface area contributed by atoms with Crippen molar-refractivity contribution in [1.29, 1.82) is 0 Å². The lowest BCUT2D eigenvalue weighted by atomic mass is 10.1. The van der Waals surface area contributed by atoms with E-state index >= 15 is 0 Å². The van der Waals surface area contributed by atoms with Gasteiger partial charge in [0.15, 0.2) is 0 Å². The maximum atomic E-state index is 4.41. The molecule has 0 saturated heterocycles. The van der Waals surface area contributed by atoms with E-state index in [1.807, 2.05) is 31.1 Å². The second kappa shape index (κ2) is 6.74. The summed E-state index contributed by atoms with van der Waals surface area (Å²) in [6.45, 7) is 0.917. The van der Waals surface area contributed by atoms with Gasteiger partial charge >= 0.3 is 0 Å². The monoisotopic (exact) mass is 294 g/mol. The Bertz CT molecular complexity index is 717. The zero-order valence-electron chi connectivity index (χ0n) is 12.0. The lowest BCUT2D eigenvalue weighted by molar-refractivity contribution is 0.817. The summed E-state index contributed by atoms with van der Waals surface area (Å²) in [5, 5.41) is 4.42. The molecule has 0 saturated carbocycles. The SMILES string of the molecule is CNCc1ccc(SCc2ccnc3ccccc23)cc1. The molecule has 2 aromatic carbocycles. The summed E-state index contributed by atoms with van der Waals surface area (Å²) in [4.78, 5) is 5.71. The fourth-order valence-corrected chi connectivity index (χ4v) is 3.25. The molecule has 3 heteroatoms. The molecule has 0 aliphatic rings. The summed E-state index contributed by atoms with van der Waals surface area (Å²) in [5.41, 5.74) is 3.72. The predicted molar refractivity (Wildman–Crippen MR) is 90.5 cm³/mol. The highest BCUT2D eigenvalue weighted by Crippen LogP contribution is 2.26. The van der Waals surface area contributed by atoms with Gasteiger partial charge in [0.2, 0.25) is 0 Å². The largest absolute Gasteiger partial charge is 0.316 e. The maximum absolute atomic E-state index is 4.41. The molecular formula is C18H18N2S. The molecule has 1 aromatic heterocycles. The summed E-state index contributed by atoms with van der Waals surface area (Å²) < 4.78 is 0. The summed E-state index contributed by atoms with van der Waals surface area (Å²) in [7, 11) is 1.97. The third-order valence-corrected chi connectivity index (χ3v) is 4.50. The van der Waals surface area contributed by atoms with E-state index in [1.54, 1.807) is 0 Å². The second-order valence-electron chi connectivity index (χ2n) is 4.95. The zero-order valence-corrected chi connectivity index (χ0v) is 12.9. The quantitative estimate of drug-likeness (QED) is 0.712. The van der Waals surface area contributed by atoms with Gasteiger partial charge in [-0.1, -0.05) is 30.3 Å². The van der Waals surface area contributed by atoms with E-state index in [-0.39, 0.29) is 0 Å². The zero-order chi connectivity index (χ0) is 14.5. The molecule has 0 unspecified atom stereocenters. The van der Waals surface area contributed by atoms with Crippen LogP contribution in [0.3, 0.4) is 0 Å². The van der Waals surface area contributed by atoms with Crippen LogP contribution >= 0.6 is 11.8 Å². The number of hydrogen-bond acceptors (Lipinski definition) is 3. The normalized spacial score (nSPS) is 10.9. The number of fused-ring (bicyclic) bond motifs is 1. The van der Waals surface area contributed by atoms with Crippen LogP contribution in [0.25, 0.3) is 10.9 Å². The molecule has 3 rings (SSSR count). The molecule has 21 heavy (non-hydrogen) atoms. The van der Waals surface area contributed by atoms with Crippen molar-refractivity contribution in [1.82, 2.24) is 10.3 Å². The molecule has 0 fully saturated rings. The minimum absolute atomic E-state index is 0.917. The molecule has 1 N–H and O–H groups in total. The highest BCUT2D eigenvalue weighted by molar-refractivity contribution is 7.98. The van der Waals surface area contributed by atoms with Gasteiger partial charge in [0.25, 0.3) is 0 Å². The van der Waals surface area contributed by atoms with Crippen molar-refractivity contribution >= 4 is 22.7 Å². The number of nitrogens with one attached hydrogen (secondary N) is 1. The van der Waals surface area contributed by atoms with Gasteiger partial charge in [-0.05, 0) is 42.4 Å². The maximum Gasteiger partial charge on any atom is 0.0705 e. The van der Waals surface area contributed by atoms with E-state index < -0.39 is 0 Å². The molecule has 0 aliphatic heterocycles. The van der Waals surface area contributed by atoms with Gasteiger partial charge in [-0.2, -0.15) is 0 Å². The third-order valence-electron chi connectivity index (χ3n) is 3.44. The standard InChI is InChI=1S/C18H18N2S/c1-19-12-14-6-8-16(9-7-14)21-13-15-10-11-20-18-5-3-2-4-17(15)18/h2-11,19H,12-13H2,1H3. The van der Waals surface area contributed by atoms with Crippen LogP contribution < -0.4 is 5.32 Å². The Hall–Kier alpha value is -1.84.